The second kappa shape index (κ2) is 7.86. The molecule has 0 radical (unpaired) electrons. The predicted molar refractivity (Wildman–Crippen MR) is 116 cm³/mol. The molecular weight excluding hydrogens is 368 g/mol. The lowest BCUT2D eigenvalue weighted by molar-refractivity contribution is 0.123. The highest BCUT2D eigenvalue weighted by Gasteiger charge is 2.27. The van der Waals surface area contributed by atoms with Crippen molar-refractivity contribution in [3.05, 3.63) is 53.3 Å². The maximum Gasteiger partial charge on any atom is 0.138 e. The van der Waals surface area contributed by atoms with E-state index in [1.54, 1.807) is 6.20 Å². The van der Waals surface area contributed by atoms with E-state index in [1.165, 1.54) is 55.6 Å². The van der Waals surface area contributed by atoms with Gasteiger partial charge in [-0.05, 0) is 63.5 Å². The van der Waals surface area contributed by atoms with Gasteiger partial charge in [0, 0.05) is 29.7 Å². The summed E-state index contributed by atoms with van der Waals surface area (Å²) in [6.07, 6.45) is 7.08. The third-order valence-corrected chi connectivity index (χ3v) is 6.71. The molecule has 4 heterocycles. The number of fused-ring (bicyclic) bond motifs is 1. The highest BCUT2D eigenvalue weighted by Crippen LogP contribution is 2.35. The smallest absolute Gasteiger partial charge is 0.138 e. The summed E-state index contributed by atoms with van der Waals surface area (Å²) in [7, 11) is 0. The molecule has 0 amide bonds. The van der Waals surface area contributed by atoms with Gasteiger partial charge >= 0.3 is 0 Å². The number of hydrogen-bond donors (Lipinski definition) is 1. The maximum absolute atomic E-state index is 6.53. The molecule has 2 aromatic heterocycles. The van der Waals surface area contributed by atoms with E-state index in [9.17, 15) is 0 Å². The Labute approximate surface area is 171 Å². The average molecular weight is 395 g/mol. The lowest BCUT2D eigenvalue weighted by Gasteiger charge is -2.36. The lowest BCUT2D eigenvalue weighted by Crippen LogP contribution is -2.43. The molecule has 2 saturated heterocycles. The van der Waals surface area contributed by atoms with Crippen molar-refractivity contribution < 1.29 is 0 Å². The first kappa shape index (κ1) is 18.2. The molecule has 0 saturated carbocycles. The number of nitrogens with one attached hydrogen (secondary N) is 1. The molecule has 0 bridgehead atoms. The van der Waals surface area contributed by atoms with Gasteiger partial charge in [-0.1, -0.05) is 41.9 Å². The first-order valence-electron chi connectivity index (χ1n) is 10.5. The largest absolute Gasteiger partial charge is 0.354 e. The molecule has 5 heteroatoms. The molecule has 4 nitrogen and oxygen atoms in total. The molecule has 2 fully saturated rings. The maximum atomic E-state index is 6.53. The van der Waals surface area contributed by atoms with Crippen molar-refractivity contribution >= 4 is 22.5 Å². The summed E-state index contributed by atoms with van der Waals surface area (Å²) < 4.78 is 0. The van der Waals surface area contributed by atoms with Gasteiger partial charge in [-0.3, -0.25) is 4.90 Å². The Balaban J connectivity index is 1.42. The highest BCUT2D eigenvalue weighted by molar-refractivity contribution is 6.34. The Bertz CT molecular complexity index is 938. The number of aromatic nitrogens is 2. The molecule has 1 aromatic carbocycles. The molecule has 5 rings (SSSR count). The molecule has 28 heavy (non-hydrogen) atoms. The standard InChI is InChI=1S/C23H27ClN4/c24-23-21-19(16-27-14-9-18(10-15-27)28-12-4-5-13-28)22(17-6-2-1-3-7-17)26-20(21)8-11-25-23/h1-3,6-8,11,18,26H,4-5,9-10,12-16H2. The van der Waals surface area contributed by atoms with E-state index in [1.807, 2.05) is 6.07 Å². The van der Waals surface area contributed by atoms with Crippen molar-refractivity contribution in [1.29, 1.82) is 0 Å². The summed E-state index contributed by atoms with van der Waals surface area (Å²) in [5.41, 5.74) is 4.73. The van der Waals surface area contributed by atoms with Gasteiger partial charge in [-0.15, -0.1) is 0 Å². The van der Waals surface area contributed by atoms with Crippen molar-refractivity contribution in [2.75, 3.05) is 26.2 Å². The Morgan fingerprint density at radius 3 is 2.50 bits per heavy atom. The Morgan fingerprint density at radius 2 is 1.75 bits per heavy atom. The van der Waals surface area contributed by atoms with E-state index in [-0.39, 0.29) is 0 Å². The van der Waals surface area contributed by atoms with E-state index in [2.05, 4.69) is 50.1 Å². The normalized spacial score (nSPS) is 19.6. The van der Waals surface area contributed by atoms with Crippen LogP contribution in [-0.2, 0) is 6.54 Å². The van der Waals surface area contributed by atoms with Crippen LogP contribution in [0.2, 0.25) is 5.15 Å². The summed E-state index contributed by atoms with van der Waals surface area (Å²) in [5.74, 6) is 0. The quantitative estimate of drug-likeness (QED) is 0.636. The number of rotatable bonds is 4. The Hall–Kier alpha value is -1.88. The molecule has 0 atom stereocenters. The summed E-state index contributed by atoms with van der Waals surface area (Å²) >= 11 is 6.53. The number of pyridine rings is 1. The predicted octanol–water partition coefficient (Wildman–Crippen LogP) is 4.94. The van der Waals surface area contributed by atoms with Crippen molar-refractivity contribution in [1.82, 2.24) is 19.8 Å². The number of nitrogens with zero attached hydrogens (tertiary/aromatic N) is 3. The number of benzene rings is 1. The minimum absolute atomic E-state index is 0.595. The van der Waals surface area contributed by atoms with Gasteiger partial charge in [0.05, 0.1) is 11.2 Å². The van der Waals surface area contributed by atoms with Crippen LogP contribution in [0.25, 0.3) is 22.2 Å². The second-order valence-electron chi connectivity index (χ2n) is 8.12. The SMILES string of the molecule is Clc1nccc2[nH]c(-c3ccccc3)c(CN3CCC(N4CCCC4)CC3)c12. The fourth-order valence-electron chi connectivity index (χ4n) is 4.94. The third-order valence-electron chi connectivity index (χ3n) is 6.43. The van der Waals surface area contributed by atoms with E-state index in [0.29, 0.717) is 5.15 Å². The van der Waals surface area contributed by atoms with Gasteiger partial charge in [-0.25, -0.2) is 4.98 Å². The Morgan fingerprint density at radius 1 is 1.00 bits per heavy atom. The zero-order valence-corrected chi connectivity index (χ0v) is 17.0. The van der Waals surface area contributed by atoms with Gasteiger partial charge in [0.2, 0.25) is 0 Å². The Kier molecular flexibility index (Phi) is 5.10. The summed E-state index contributed by atoms with van der Waals surface area (Å²) in [5, 5.41) is 1.67. The second-order valence-corrected chi connectivity index (χ2v) is 8.48. The number of halogens is 1. The van der Waals surface area contributed by atoms with Crippen LogP contribution in [0.3, 0.4) is 0 Å². The summed E-state index contributed by atoms with van der Waals surface area (Å²) in [6.45, 7) is 5.82. The number of aromatic amines is 1. The first-order valence-corrected chi connectivity index (χ1v) is 10.8. The first-order chi connectivity index (χ1) is 13.8. The van der Waals surface area contributed by atoms with Crippen LogP contribution >= 0.6 is 11.6 Å². The molecule has 1 N–H and O–H groups in total. The third kappa shape index (κ3) is 3.45. The highest BCUT2D eigenvalue weighted by atomic mass is 35.5. The van der Waals surface area contributed by atoms with Crippen molar-refractivity contribution in [2.45, 2.75) is 38.3 Å². The number of piperidine rings is 1. The van der Waals surface area contributed by atoms with Crippen molar-refractivity contribution in [2.24, 2.45) is 0 Å². The van der Waals surface area contributed by atoms with Crippen LogP contribution in [0, 0.1) is 0 Å². The van der Waals surface area contributed by atoms with E-state index in [0.717, 1.165) is 36.6 Å². The number of hydrogen-bond acceptors (Lipinski definition) is 3. The van der Waals surface area contributed by atoms with Gasteiger partial charge in [0.25, 0.3) is 0 Å². The summed E-state index contributed by atoms with van der Waals surface area (Å²) in [6, 6.07) is 13.4. The van der Waals surface area contributed by atoms with Gasteiger partial charge in [-0.2, -0.15) is 0 Å². The van der Waals surface area contributed by atoms with Crippen LogP contribution < -0.4 is 0 Å². The van der Waals surface area contributed by atoms with Crippen molar-refractivity contribution in [3.63, 3.8) is 0 Å². The summed E-state index contributed by atoms with van der Waals surface area (Å²) in [4.78, 5) is 13.3. The van der Waals surface area contributed by atoms with E-state index >= 15 is 0 Å². The zero-order valence-electron chi connectivity index (χ0n) is 16.2. The van der Waals surface area contributed by atoms with Crippen LogP contribution in [-0.4, -0.2) is 52.0 Å². The average Bonchev–Trinajstić information content (AvgIpc) is 3.39. The molecule has 2 aliphatic heterocycles. The van der Waals surface area contributed by atoms with Gasteiger partial charge < -0.3 is 9.88 Å². The minimum Gasteiger partial charge on any atom is -0.354 e. The zero-order chi connectivity index (χ0) is 18.9. The van der Waals surface area contributed by atoms with Crippen LogP contribution in [0.4, 0.5) is 0 Å². The number of H-pyrrole nitrogens is 1. The molecule has 146 valence electrons. The van der Waals surface area contributed by atoms with E-state index < -0.39 is 0 Å². The molecule has 0 spiro atoms. The monoisotopic (exact) mass is 394 g/mol. The molecular formula is C23H27ClN4. The minimum atomic E-state index is 0.595. The van der Waals surface area contributed by atoms with E-state index in [4.69, 9.17) is 11.6 Å². The van der Waals surface area contributed by atoms with Gasteiger partial charge in [0.1, 0.15) is 5.15 Å². The fraction of sp³-hybridized carbons (Fsp3) is 0.435. The lowest BCUT2D eigenvalue weighted by atomic mass is 10.0. The number of likely N-dealkylation sites (tertiary alicyclic amines) is 2. The molecule has 3 aromatic rings. The molecule has 2 aliphatic rings. The molecule has 0 unspecified atom stereocenters. The van der Waals surface area contributed by atoms with Gasteiger partial charge in [0.15, 0.2) is 0 Å². The molecule has 0 aliphatic carbocycles. The fourth-order valence-corrected chi connectivity index (χ4v) is 5.22. The van der Waals surface area contributed by atoms with Crippen LogP contribution in [0.5, 0.6) is 0 Å². The van der Waals surface area contributed by atoms with Crippen molar-refractivity contribution in [3.8, 4) is 11.3 Å². The van der Waals surface area contributed by atoms with Crippen LogP contribution in [0.1, 0.15) is 31.2 Å². The topological polar surface area (TPSA) is 35.2 Å². The van der Waals surface area contributed by atoms with Crippen LogP contribution in [0.15, 0.2) is 42.6 Å².